The number of ether oxygens (including phenoxy) is 1. The van der Waals surface area contributed by atoms with Crippen LogP contribution in [-0.4, -0.2) is 35.3 Å². The Labute approximate surface area is 187 Å². The predicted molar refractivity (Wildman–Crippen MR) is 114 cm³/mol. The third kappa shape index (κ3) is 7.21. The van der Waals surface area contributed by atoms with Crippen LogP contribution in [0.25, 0.3) is 0 Å². The number of nitrogens with one attached hydrogen (secondary N) is 2. The zero-order chi connectivity index (χ0) is 20.0. The highest BCUT2D eigenvalue weighted by Gasteiger charge is 2.29. The second kappa shape index (κ2) is 11.0. The average Bonchev–Trinajstić information content (AvgIpc) is 2.87. The van der Waals surface area contributed by atoms with E-state index in [0.717, 1.165) is 5.69 Å². The monoisotopic (exact) mass is 551 g/mol. The maximum Gasteiger partial charge on any atom is 0.422 e. The lowest BCUT2D eigenvalue weighted by Crippen LogP contribution is -2.36. The van der Waals surface area contributed by atoms with Crippen molar-refractivity contribution >= 4 is 53.1 Å². The van der Waals surface area contributed by atoms with Gasteiger partial charge in [0.15, 0.2) is 12.6 Å². The van der Waals surface area contributed by atoms with Gasteiger partial charge in [-0.1, -0.05) is 29.3 Å². The molecule has 0 saturated heterocycles. The van der Waals surface area contributed by atoms with Gasteiger partial charge >= 0.3 is 6.18 Å². The number of hydrogen-bond donors (Lipinski definition) is 2. The number of halogens is 6. The second-order valence-electron chi connectivity index (χ2n) is 5.48. The molecule has 0 spiro atoms. The van der Waals surface area contributed by atoms with Gasteiger partial charge < -0.3 is 19.9 Å². The van der Waals surface area contributed by atoms with E-state index >= 15 is 0 Å². The zero-order valence-corrected chi connectivity index (χ0v) is 18.8. The van der Waals surface area contributed by atoms with Crippen molar-refractivity contribution in [2.45, 2.75) is 19.3 Å². The summed E-state index contributed by atoms with van der Waals surface area (Å²) in [6, 6.07) is 4.96. The lowest BCUT2D eigenvalue weighted by atomic mass is 10.2. The molecule has 2 N–H and O–H groups in total. The minimum atomic E-state index is -4.43. The third-order valence-electron chi connectivity index (χ3n) is 3.55. The number of guanidine groups is 1. The van der Waals surface area contributed by atoms with Gasteiger partial charge in [0.1, 0.15) is 5.15 Å². The lowest BCUT2D eigenvalue weighted by molar-refractivity contribution is -0.154. The Morgan fingerprint density at radius 3 is 2.54 bits per heavy atom. The number of aliphatic imine (C=N–C) groups is 1. The van der Waals surface area contributed by atoms with Crippen LogP contribution in [0.4, 0.5) is 13.2 Å². The summed E-state index contributed by atoms with van der Waals surface area (Å²) in [7, 11) is 3.35. The molecule has 156 valence electrons. The van der Waals surface area contributed by atoms with Crippen LogP contribution in [-0.2, 0) is 20.1 Å². The SMILES string of the molecule is CN=C(NCc1cccnc1OCC(F)(F)F)NCc1cc(Cl)c(Cl)n1C.I. The molecule has 6 nitrogen and oxygen atoms in total. The fraction of sp³-hybridized carbons (Fsp3) is 0.375. The Kier molecular flexibility index (Phi) is 9.64. The maximum atomic E-state index is 12.3. The molecule has 0 radical (unpaired) electrons. The topological polar surface area (TPSA) is 63.5 Å². The first kappa shape index (κ1) is 24.6. The van der Waals surface area contributed by atoms with Crippen molar-refractivity contribution in [3.63, 3.8) is 0 Å². The molecule has 0 saturated carbocycles. The fourth-order valence-electron chi connectivity index (χ4n) is 2.17. The molecule has 2 aromatic rings. The molecule has 0 amide bonds. The summed E-state index contributed by atoms with van der Waals surface area (Å²) in [5.74, 6) is 0.354. The van der Waals surface area contributed by atoms with E-state index in [1.807, 2.05) is 0 Å². The van der Waals surface area contributed by atoms with Gasteiger partial charge in [0, 0.05) is 38.1 Å². The van der Waals surface area contributed by atoms with Gasteiger partial charge in [-0.05, 0) is 12.1 Å². The van der Waals surface area contributed by atoms with Crippen LogP contribution < -0.4 is 15.4 Å². The molecule has 0 aliphatic heterocycles. The molecule has 2 aromatic heterocycles. The summed E-state index contributed by atoms with van der Waals surface area (Å²) >= 11 is 12.0. The molecule has 0 fully saturated rings. The molecule has 2 rings (SSSR count). The molecule has 0 unspecified atom stereocenters. The second-order valence-corrected chi connectivity index (χ2v) is 6.25. The van der Waals surface area contributed by atoms with Crippen LogP contribution in [0.1, 0.15) is 11.3 Å². The van der Waals surface area contributed by atoms with Crippen molar-refractivity contribution in [1.29, 1.82) is 0 Å². The van der Waals surface area contributed by atoms with Gasteiger partial charge in [0.2, 0.25) is 5.88 Å². The Hall–Kier alpha value is -1.40. The first-order valence-corrected chi connectivity index (χ1v) is 8.54. The lowest BCUT2D eigenvalue weighted by Gasteiger charge is -2.15. The summed E-state index contributed by atoms with van der Waals surface area (Å²) in [6.07, 6.45) is -3.07. The van der Waals surface area contributed by atoms with Crippen LogP contribution in [0.15, 0.2) is 29.4 Å². The maximum absolute atomic E-state index is 12.3. The Morgan fingerprint density at radius 2 is 1.96 bits per heavy atom. The smallest absolute Gasteiger partial charge is 0.422 e. The number of pyridine rings is 1. The van der Waals surface area contributed by atoms with Crippen LogP contribution in [0.3, 0.4) is 0 Å². The Morgan fingerprint density at radius 1 is 1.29 bits per heavy atom. The van der Waals surface area contributed by atoms with Crippen LogP contribution in [0.5, 0.6) is 5.88 Å². The van der Waals surface area contributed by atoms with Crippen molar-refractivity contribution in [1.82, 2.24) is 20.2 Å². The number of alkyl halides is 3. The van der Waals surface area contributed by atoms with Crippen molar-refractivity contribution in [2.75, 3.05) is 13.7 Å². The summed E-state index contributed by atoms with van der Waals surface area (Å²) in [4.78, 5) is 7.92. The van der Waals surface area contributed by atoms with E-state index in [9.17, 15) is 13.2 Å². The minimum absolute atomic E-state index is 0. The molecule has 0 aromatic carbocycles. The zero-order valence-electron chi connectivity index (χ0n) is 15.0. The van der Waals surface area contributed by atoms with Crippen molar-refractivity contribution < 1.29 is 17.9 Å². The molecule has 0 aliphatic carbocycles. The van der Waals surface area contributed by atoms with Gasteiger partial charge in [-0.25, -0.2) is 4.98 Å². The van der Waals surface area contributed by atoms with Crippen LogP contribution >= 0.6 is 47.2 Å². The highest BCUT2D eigenvalue weighted by atomic mass is 127. The molecule has 28 heavy (non-hydrogen) atoms. The quantitative estimate of drug-likeness (QED) is 0.322. The average molecular weight is 552 g/mol. The van der Waals surface area contributed by atoms with Gasteiger partial charge in [0.25, 0.3) is 0 Å². The third-order valence-corrected chi connectivity index (χ3v) is 4.39. The van der Waals surface area contributed by atoms with Crippen LogP contribution in [0.2, 0.25) is 10.2 Å². The van der Waals surface area contributed by atoms with E-state index in [1.54, 1.807) is 36.9 Å². The van der Waals surface area contributed by atoms with Crippen LogP contribution in [0, 0.1) is 0 Å². The summed E-state index contributed by atoms with van der Waals surface area (Å²) in [5.41, 5.74) is 1.30. The molecule has 0 atom stereocenters. The first-order valence-electron chi connectivity index (χ1n) is 7.79. The summed E-state index contributed by atoms with van der Waals surface area (Å²) in [5, 5.41) is 6.94. The number of hydrogen-bond acceptors (Lipinski definition) is 3. The molecular formula is C16H19Cl2F3IN5O. The predicted octanol–water partition coefficient (Wildman–Crippen LogP) is 4.15. The van der Waals surface area contributed by atoms with E-state index in [1.165, 1.54) is 6.20 Å². The fourth-order valence-corrected chi connectivity index (χ4v) is 2.59. The molecule has 0 bridgehead atoms. The van der Waals surface area contributed by atoms with E-state index in [0.29, 0.717) is 28.2 Å². The molecule has 2 heterocycles. The van der Waals surface area contributed by atoms with E-state index in [4.69, 9.17) is 27.9 Å². The molecular weight excluding hydrogens is 533 g/mol. The van der Waals surface area contributed by atoms with Gasteiger partial charge in [-0.15, -0.1) is 24.0 Å². The van der Waals surface area contributed by atoms with Gasteiger partial charge in [0.05, 0.1) is 11.6 Å². The van der Waals surface area contributed by atoms with Crippen molar-refractivity contribution in [2.24, 2.45) is 12.0 Å². The normalized spacial score (nSPS) is 11.8. The highest BCUT2D eigenvalue weighted by molar-refractivity contribution is 14.0. The number of nitrogens with zero attached hydrogens (tertiary/aromatic N) is 3. The minimum Gasteiger partial charge on any atom is -0.468 e. The number of aromatic nitrogens is 2. The largest absolute Gasteiger partial charge is 0.468 e. The molecule has 0 aliphatic rings. The van der Waals surface area contributed by atoms with Crippen molar-refractivity contribution in [3.8, 4) is 5.88 Å². The molecule has 12 heteroatoms. The number of rotatable bonds is 6. The van der Waals surface area contributed by atoms with Gasteiger partial charge in [-0.3, -0.25) is 4.99 Å². The summed E-state index contributed by atoms with van der Waals surface area (Å²) < 4.78 is 43.5. The highest BCUT2D eigenvalue weighted by Crippen LogP contribution is 2.25. The summed E-state index contributed by atoms with van der Waals surface area (Å²) in [6.45, 7) is -0.832. The standard InChI is InChI=1S/C16H18Cl2F3N5O.HI/c1-22-15(25-8-11-6-12(17)13(18)26(11)2)24-7-10-4-3-5-23-14(10)27-9-16(19,20)21;/h3-6H,7-9H2,1-2H3,(H2,22,24,25);1H. The van der Waals surface area contributed by atoms with E-state index in [2.05, 4.69) is 20.6 Å². The Bertz CT molecular complexity index is 814. The van der Waals surface area contributed by atoms with E-state index in [-0.39, 0.29) is 36.4 Å². The van der Waals surface area contributed by atoms with Gasteiger partial charge in [-0.2, -0.15) is 13.2 Å². The van der Waals surface area contributed by atoms with Crippen molar-refractivity contribution in [3.05, 3.63) is 45.8 Å². The van der Waals surface area contributed by atoms with E-state index < -0.39 is 12.8 Å². The Balaban J connectivity index is 0.00000392. The first-order chi connectivity index (χ1) is 12.7.